The van der Waals surface area contributed by atoms with Gasteiger partial charge in [-0.15, -0.1) is 0 Å². The highest BCUT2D eigenvalue weighted by atomic mass is 32.2. The fourth-order valence-corrected chi connectivity index (χ4v) is 4.40. The van der Waals surface area contributed by atoms with Crippen molar-refractivity contribution in [2.45, 2.75) is 33.7 Å². The van der Waals surface area contributed by atoms with Crippen LogP contribution in [0.3, 0.4) is 0 Å². The Labute approximate surface area is 145 Å². The Morgan fingerprint density at radius 3 is 2.08 bits per heavy atom. The van der Waals surface area contributed by atoms with E-state index in [4.69, 9.17) is 0 Å². The van der Waals surface area contributed by atoms with Crippen LogP contribution in [0.25, 0.3) is 0 Å². The van der Waals surface area contributed by atoms with Crippen molar-refractivity contribution in [2.24, 2.45) is 0 Å². The van der Waals surface area contributed by atoms with Gasteiger partial charge in [-0.1, -0.05) is 0 Å². The molecule has 0 radical (unpaired) electrons. The van der Waals surface area contributed by atoms with Gasteiger partial charge in [0.1, 0.15) is 0 Å². The van der Waals surface area contributed by atoms with Gasteiger partial charge in [-0.3, -0.25) is 4.79 Å². The van der Waals surface area contributed by atoms with E-state index < -0.39 is 10.2 Å². The molecule has 0 N–H and O–H groups in total. The van der Waals surface area contributed by atoms with Crippen molar-refractivity contribution < 1.29 is 13.2 Å². The number of carbonyl (C=O) groups excluding carboxylic acids is 1. The number of aromatic nitrogens is 1. The van der Waals surface area contributed by atoms with E-state index in [1.54, 1.807) is 4.90 Å². The van der Waals surface area contributed by atoms with Gasteiger partial charge >= 0.3 is 0 Å². The first kappa shape index (κ1) is 19.0. The predicted octanol–water partition coefficient (Wildman–Crippen LogP) is 1.25. The molecule has 0 atom stereocenters. The minimum absolute atomic E-state index is 0.0168. The van der Waals surface area contributed by atoms with E-state index >= 15 is 0 Å². The van der Waals surface area contributed by atoms with E-state index in [1.165, 1.54) is 22.7 Å². The van der Waals surface area contributed by atoms with Crippen molar-refractivity contribution in [3.8, 4) is 0 Å². The number of hydrogen-bond acceptors (Lipinski definition) is 3. The van der Waals surface area contributed by atoms with E-state index in [1.807, 2.05) is 19.9 Å². The van der Waals surface area contributed by atoms with Gasteiger partial charge in [0.15, 0.2) is 0 Å². The van der Waals surface area contributed by atoms with Crippen LogP contribution in [0.4, 0.5) is 0 Å². The lowest BCUT2D eigenvalue weighted by molar-refractivity contribution is 0.0694. The van der Waals surface area contributed by atoms with Crippen LogP contribution in [-0.4, -0.2) is 72.7 Å². The molecule has 0 spiro atoms. The summed E-state index contributed by atoms with van der Waals surface area (Å²) >= 11 is 0. The molecule has 0 aliphatic carbocycles. The molecule has 1 aromatic heterocycles. The third-order valence-electron chi connectivity index (χ3n) is 4.54. The van der Waals surface area contributed by atoms with E-state index in [0.29, 0.717) is 37.8 Å². The Kier molecular flexibility index (Phi) is 5.41. The van der Waals surface area contributed by atoms with Crippen molar-refractivity contribution in [3.05, 3.63) is 23.0 Å². The number of carbonyl (C=O) groups is 1. The Morgan fingerprint density at radius 2 is 1.67 bits per heavy atom. The Hall–Kier alpha value is -1.38. The molecule has 0 unspecified atom stereocenters. The monoisotopic (exact) mass is 356 g/mol. The van der Waals surface area contributed by atoms with Crippen LogP contribution in [0.1, 0.15) is 41.6 Å². The third kappa shape index (κ3) is 3.36. The summed E-state index contributed by atoms with van der Waals surface area (Å²) in [4.78, 5) is 14.6. The zero-order chi connectivity index (χ0) is 18.2. The zero-order valence-electron chi connectivity index (χ0n) is 15.4. The molecule has 0 bridgehead atoms. The van der Waals surface area contributed by atoms with Crippen molar-refractivity contribution in [1.29, 1.82) is 0 Å². The van der Waals surface area contributed by atoms with Crippen molar-refractivity contribution in [2.75, 3.05) is 40.3 Å². The van der Waals surface area contributed by atoms with E-state index in [0.717, 1.165) is 11.4 Å². The second-order valence-corrected chi connectivity index (χ2v) is 8.87. The van der Waals surface area contributed by atoms with Crippen LogP contribution in [0.15, 0.2) is 6.07 Å². The summed E-state index contributed by atoms with van der Waals surface area (Å²) in [6, 6.07) is 2.23. The maximum Gasteiger partial charge on any atom is 0.281 e. The molecule has 1 fully saturated rings. The number of nitrogens with zero attached hydrogens (tertiary/aromatic N) is 4. The molecule has 136 valence electrons. The molecule has 0 saturated carbocycles. The van der Waals surface area contributed by atoms with Crippen LogP contribution in [0, 0.1) is 13.8 Å². The summed E-state index contributed by atoms with van der Waals surface area (Å²) in [5.74, 6) is -0.0168. The standard InChI is InChI=1S/C16H28N4O3S/c1-12(2)20-13(3)11-15(14(20)4)16(21)18-7-9-19(10-8-18)24(22,23)17(5)6/h11-12H,7-10H2,1-6H3. The van der Waals surface area contributed by atoms with Crippen molar-refractivity contribution in [3.63, 3.8) is 0 Å². The minimum Gasteiger partial charge on any atom is -0.346 e. The average molecular weight is 356 g/mol. The number of rotatable bonds is 4. The van der Waals surface area contributed by atoms with Gasteiger partial charge in [-0.25, -0.2) is 0 Å². The average Bonchev–Trinajstić information content (AvgIpc) is 2.81. The fourth-order valence-electron chi connectivity index (χ4n) is 3.31. The summed E-state index contributed by atoms with van der Waals surface area (Å²) < 4.78 is 29.1. The molecule has 1 aliphatic heterocycles. The topological polar surface area (TPSA) is 65.9 Å². The van der Waals surface area contributed by atoms with E-state index in [2.05, 4.69) is 18.4 Å². The lowest BCUT2D eigenvalue weighted by atomic mass is 10.2. The maximum atomic E-state index is 12.8. The third-order valence-corrected chi connectivity index (χ3v) is 6.49. The molecule has 2 rings (SSSR count). The second kappa shape index (κ2) is 6.85. The first-order valence-electron chi connectivity index (χ1n) is 8.22. The van der Waals surface area contributed by atoms with Gasteiger partial charge in [0.2, 0.25) is 0 Å². The van der Waals surface area contributed by atoms with Gasteiger partial charge in [0.05, 0.1) is 5.56 Å². The highest BCUT2D eigenvalue weighted by Crippen LogP contribution is 2.22. The van der Waals surface area contributed by atoms with Gasteiger partial charge in [-0.2, -0.15) is 17.0 Å². The molecule has 1 saturated heterocycles. The Balaban J connectivity index is 2.13. The summed E-state index contributed by atoms with van der Waals surface area (Å²) in [6.45, 7) is 9.65. The number of piperazine rings is 1. The predicted molar refractivity (Wildman–Crippen MR) is 94.4 cm³/mol. The summed E-state index contributed by atoms with van der Waals surface area (Å²) in [6.07, 6.45) is 0. The Morgan fingerprint density at radius 1 is 1.12 bits per heavy atom. The van der Waals surface area contributed by atoms with Gasteiger partial charge < -0.3 is 9.47 Å². The number of hydrogen-bond donors (Lipinski definition) is 0. The lowest BCUT2D eigenvalue weighted by Gasteiger charge is -2.35. The van der Waals surface area contributed by atoms with Crippen LogP contribution in [0.2, 0.25) is 0 Å². The van der Waals surface area contributed by atoms with Gasteiger partial charge in [-0.05, 0) is 33.8 Å². The van der Waals surface area contributed by atoms with Crippen LogP contribution >= 0.6 is 0 Å². The highest BCUT2D eigenvalue weighted by molar-refractivity contribution is 7.86. The first-order valence-corrected chi connectivity index (χ1v) is 9.62. The molecule has 1 amide bonds. The first-order chi connectivity index (χ1) is 11.1. The SMILES string of the molecule is Cc1cc(C(=O)N2CCN(S(=O)(=O)N(C)C)CC2)c(C)n1C(C)C. The van der Waals surface area contributed by atoms with Crippen molar-refractivity contribution in [1.82, 2.24) is 18.1 Å². The molecule has 1 aromatic rings. The van der Waals surface area contributed by atoms with E-state index in [9.17, 15) is 13.2 Å². The molecular formula is C16H28N4O3S. The van der Waals surface area contributed by atoms with Gasteiger partial charge in [0.25, 0.3) is 16.1 Å². The van der Waals surface area contributed by atoms with E-state index in [-0.39, 0.29) is 5.91 Å². The smallest absolute Gasteiger partial charge is 0.281 e. The van der Waals surface area contributed by atoms with Crippen LogP contribution in [0.5, 0.6) is 0 Å². The normalized spacial score (nSPS) is 17.1. The number of aryl methyl sites for hydroxylation is 1. The molecule has 24 heavy (non-hydrogen) atoms. The molecule has 1 aliphatic rings. The maximum absolute atomic E-state index is 12.8. The number of amides is 1. The van der Waals surface area contributed by atoms with Crippen molar-refractivity contribution >= 4 is 16.1 Å². The minimum atomic E-state index is -3.41. The quantitative estimate of drug-likeness (QED) is 0.815. The molecule has 0 aromatic carbocycles. The Bertz CT molecular complexity index is 714. The lowest BCUT2D eigenvalue weighted by Crippen LogP contribution is -2.53. The summed E-state index contributed by atoms with van der Waals surface area (Å²) in [7, 11) is -0.368. The molecule has 8 heteroatoms. The zero-order valence-corrected chi connectivity index (χ0v) is 16.2. The second-order valence-electron chi connectivity index (χ2n) is 6.73. The molecule has 7 nitrogen and oxygen atoms in total. The van der Waals surface area contributed by atoms with Gasteiger partial charge in [0, 0.05) is 57.7 Å². The largest absolute Gasteiger partial charge is 0.346 e. The fraction of sp³-hybridized carbons (Fsp3) is 0.688. The van der Waals surface area contributed by atoms with Crippen LogP contribution < -0.4 is 0 Å². The summed E-state index contributed by atoms with van der Waals surface area (Å²) in [5.41, 5.74) is 2.75. The highest BCUT2D eigenvalue weighted by Gasteiger charge is 2.31. The summed E-state index contributed by atoms with van der Waals surface area (Å²) in [5, 5.41) is 0. The molecule has 2 heterocycles. The van der Waals surface area contributed by atoms with Crippen LogP contribution in [-0.2, 0) is 10.2 Å². The molecular weight excluding hydrogens is 328 g/mol.